The number of nitrogens with one attached hydrogen (secondary N) is 2. The lowest BCUT2D eigenvalue weighted by molar-refractivity contribution is -0.146. The summed E-state index contributed by atoms with van der Waals surface area (Å²) in [7, 11) is 0. The van der Waals surface area contributed by atoms with Crippen molar-refractivity contribution in [2.75, 3.05) is 18.4 Å². The molecule has 7 heteroatoms. The van der Waals surface area contributed by atoms with E-state index in [1.807, 2.05) is 16.9 Å². The van der Waals surface area contributed by atoms with Crippen LogP contribution in [0.2, 0.25) is 0 Å². The van der Waals surface area contributed by atoms with Crippen LogP contribution in [0, 0.1) is 23.2 Å². The Morgan fingerprint density at radius 1 is 1.00 bits per heavy atom. The van der Waals surface area contributed by atoms with Crippen LogP contribution in [0.25, 0.3) is 11.0 Å². The monoisotopic (exact) mass is 444 g/mol. The van der Waals surface area contributed by atoms with Crippen LogP contribution >= 0.6 is 0 Å². The van der Waals surface area contributed by atoms with E-state index in [9.17, 15) is 4.79 Å². The lowest BCUT2D eigenvalue weighted by Gasteiger charge is -2.55. The molecule has 2 aromatic heterocycles. The molecule has 4 aliphatic rings. The third kappa shape index (κ3) is 3.98. The third-order valence-corrected chi connectivity index (χ3v) is 8.11. The molecule has 7 nitrogen and oxygen atoms in total. The number of amides is 1. The van der Waals surface area contributed by atoms with Crippen LogP contribution in [-0.4, -0.2) is 38.7 Å². The summed E-state index contributed by atoms with van der Waals surface area (Å²) >= 11 is 0. The van der Waals surface area contributed by atoms with E-state index in [0.717, 1.165) is 66.8 Å². The number of anilines is 1. The summed E-state index contributed by atoms with van der Waals surface area (Å²) in [6.07, 6.45) is 11.7. The van der Waals surface area contributed by atoms with E-state index >= 15 is 0 Å². The van der Waals surface area contributed by atoms with Gasteiger partial charge in [0.05, 0.1) is 18.1 Å². The number of benzene rings is 1. The second kappa shape index (κ2) is 8.43. The molecular formula is C26H32N6O. The van der Waals surface area contributed by atoms with Crippen LogP contribution in [-0.2, 0) is 17.8 Å². The van der Waals surface area contributed by atoms with Gasteiger partial charge in [-0.1, -0.05) is 30.3 Å². The summed E-state index contributed by atoms with van der Waals surface area (Å²) in [5.74, 6) is 3.42. The van der Waals surface area contributed by atoms with E-state index in [0.29, 0.717) is 13.1 Å². The number of fused-ring (bicyclic) bond motifs is 1. The summed E-state index contributed by atoms with van der Waals surface area (Å²) in [6.45, 7) is 1.99. The Kier molecular flexibility index (Phi) is 5.27. The van der Waals surface area contributed by atoms with Crippen molar-refractivity contribution in [3.05, 3.63) is 48.4 Å². The highest BCUT2D eigenvalue weighted by molar-refractivity contribution is 5.86. The van der Waals surface area contributed by atoms with Gasteiger partial charge in [-0.3, -0.25) is 4.79 Å². The Morgan fingerprint density at radius 3 is 2.45 bits per heavy atom. The number of hydrogen-bond acceptors (Lipinski definition) is 5. The van der Waals surface area contributed by atoms with Gasteiger partial charge >= 0.3 is 0 Å². The van der Waals surface area contributed by atoms with Gasteiger partial charge in [0, 0.05) is 18.5 Å². The number of aromatic nitrogens is 4. The molecule has 4 fully saturated rings. The standard InChI is InChI=1S/C26H32N6O/c33-25(26-13-19-10-20(14-26)12-21(11-19)15-26)28-8-9-32-24-22(16-31-32)23(29-17-30-24)27-7-6-18-4-2-1-3-5-18/h1-5,16-17,19-21H,6-15H2,(H,28,33)(H,27,29,30). The highest BCUT2D eigenvalue weighted by Crippen LogP contribution is 2.60. The summed E-state index contributed by atoms with van der Waals surface area (Å²) in [4.78, 5) is 22.1. The van der Waals surface area contributed by atoms with Crippen LogP contribution < -0.4 is 10.6 Å². The average Bonchev–Trinajstić information content (AvgIpc) is 3.23. The zero-order valence-corrected chi connectivity index (χ0v) is 19.0. The predicted octanol–water partition coefficient (Wildman–Crippen LogP) is 3.81. The number of hydrogen-bond donors (Lipinski definition) is 2. The Bertz CT molecular complexity index is 1100. The van der Waals surface area contributed by atoms with Gasteiger partial charge in [-0.2, -0.15) is 5.10 Å². The fraction of sp³-hybridized carbons (Fsp3) is 0.538. The van der Waals surface area contributed by atoms with Crippen molar-refractivity contribution in [3.8, 4) is 0 Å². The molecule has 0 atom stereocenters. The molecule has 1 aromatic carbocycles. The lowest BCUT2D eigenvalue weighted by Crippen LogP contribution is -2.53. The molecule has 33 heavy (non-hydrogen) atoms. The number of carbonyl (C=O) groups is 1. The number of rotatable bonds is 8. The van der Waals surface area contributed by atoms with E-state index in [1.165, 1.54) is 24.8 Å². The first-order valence-corrected chi connectivity index (χ1v) is 12.4. The minimum Gasteiger partial charge on any atom is -0.369 e. The summed E-state index contributed by atoms with van der Waals surface area (Å²) in [5, 5.41) is 12.1. The smallest absolute Gasteiger partial charge is 0.226 e. The fourth-order valence-electron chi connectivity index (χ4n) is 7.02. The largest absolute Gasteiger partial charge is 0.369 e. The maximum atomic E-state index is 13.2. The molecule has 2 N–H and O–H groups in total. The van der Waals surface area contributed by atoms with Crippen molar-refractivity contribution in [1.29, 1.82) is 0 Å². The highest BCUT2D eigenvalue weighted by Gasteiger charge is 2.54. The topological polar surface area (TPSA) is 84.7 Å². The van der Waals surface area contributed by atoms with Gasteiger partial charge in [-0.15, -0.1) is 0 Å². The normalized spacial score (nSPS) is 27.7. The molecule has 172 valence electrons. The van der Waals surface area contributed by atoms with Gasteiger partial charge in [0.1, 0.15) is 12.1 Å². The molecule has 0 aliphatic heterocycles. The van der Waals surface area contributed by atoms with E-state index < -0.39 is 0 Å². The molecule has 3 aromatic rings. The Morgan fingerprint density at radius 2 is 1.73 bits per heavy atom. The second-order valence-electron chi connectivity index (χ2n) is 10.4. The Hall–Kier alpha value is -2.96. The van der Waals surface area contributed by atoms with E-state index in [4.69, 9.17) is 0 Å². The fourth-order valence-corrected chi connectivity index (χ4v) is 7.02. The third-order valence-electron chi connectivity index (χ3n) is 8.11. The molecule has 4 bridgehead atoms. The molecule has 0 spiro atoms. The first kappa shape index (κ1) is 20.6. The minimum atomic E-state index is -0.0983. The van der Waals surface area contributed by atoms with E-state index in [-0.39, 0.29) is 11.3 Å². The quantitative estimate of drug-likeness (QED) is 0.552. The Labute approximate surface area is 194 Å². The lowest BCUT2D eigenvalue weighted by atomic mass is 9.49. The molecule has 2 heterocycles. The SMILES string of the molecule is O=C(NCCn1ncc2c(NCCc3ccccc3)ncnc21)C12CC3CC(CC(C3)C1)C2. The highest BCUT2D eigenvalue weighted by atomic mass is 16.2. The molecule has 0 radical (unpaired) electrons. The van der Waals surface area contributed by atoms with Crippen molar-refractivity contribution in [3.63, 3.8) is 0 Å². The zero-order chi connectivity index (χ0) is 22.3. The van der Waals surface area contributed by atoms with Crippen LogP contribution in [0.3, 0.4) is 0 Å². The van der Waals surface area contributed by atoms with Crippen molar-refractivity contribution < 1.29 is 4.79 Å². The summed E-state index contributed by atoms with van der Waals surface area (Å²) in [6, 6.07) is 10.4. The van der Waals surface area contributed by atoms with Crippen molar-refractivity contribution in [2.24, 2.45) is 23.2 Å². The van der Waals surface area contributed by atoms with Crippen LogP contribution in [0.5, 0.6) is 0 Å². The second-order valence-corrected chi connectivity index (χ2v) is 10.4. The molecule has 4 aliphatic carbocycles. The van der Waals surface area contributed by atoms with Gasteiger partial charge in [-0.05, 0) is 68.3 Å². The predicted molar refractivity (Wildman–Crippen MR) is 128 cm³/mol. The molecular weight excluding hydrogens is 412 g/mol. The number of nitrogens with zero attached hydrogens (tertiary/aromatic N) is 4. The zero-order valence-electron chi connectivity index (χ0n) is 19.0. The Balaban J connectivity index is 1.07. The minimum absolute atomic E-state index is 0.0983. The van der Waals surface area contributed by atoms with Crippen molar-refractivity contribution >= 4 is 22.8 Å². The molecule has 0 unspecified atom stereocenters. The summed E-state index contributed by atoms with van der Waals surface area (Å²) < 4.78 is 1.87. The summed E-state index contributed by atoms with van der Waals surface area (Å²) in [5.41, 5.74) is 2.00. The van der Waals surface area contributed by atoms with Gasteiger partial charge in [0.15, 0.2) is 5.65 Å². The van der Waals surface area contributed by atoms with Gasteiger partial charge < -0.3 is 10.6 Å². The van der Waals surface area contributed by atoms with Crippen LogP contribution in [0.4, 0.5) is 5.82 Å². The number of carbonyl (C=O) groups excluding carboxylic acids is 1. The van der Waals surface area contributed by atoms with Crippen LogP contribution in [0.1, 0.15) is 44.1 Å². The molecule has 4 saturated carbocycles. The van der Waals surface area contributed by atoms with Crippen LogP contribution in [0.15, 0.2) is 42.9 Å². The van der Waals surface area contributed by atoms with E-state index in [1.54, 1.807) is 6.33 Å². The molecule has 7 rings (SSSR count). The van der Waals surface area contributed by atoms with Gasteiger partial charge in [0.25, 0.3) is 0 Å². The first-order valence-electron chi connectivity index (χ1n) is 12.4. The van der Waals surface area contributed by atoms with Gasteiger partial charge in [0.2, 0.25) is 5.91 Å². The molecule has 0 saturated heterocycles. The maximum Gasteiger partial charge on any atom is 0.226 e. The van der Waals surface area contributed by atoms with Crippen molar-refractivity contribution in [1.82, 2.24) is 25.1 Å². The van der Waals surface area contributed by atoms with Crippen molar-refractivity contribution in [2.45, 2.75) is 51.5 Å². The first-order chi connectivity index (χ1) is 16.2. The average molecular weight is 445 g/mol. The maximum absolute atomic E-state index is 13.2. The van der Waals surface area contributed by atoms with E-state index in [2.05, 4.69) is 50.0 Å². The van der Waals surface area contributed by atoms with Gasteiger partial charge in [-0.25, -0.2) is 14.6 Å². The molecule has 1 amide bonds.